The Bertz CT molecular complexity index is 658. The van der Waals surface area contributed by atoms with Crippen LogP contribution in [-0.4, -0.2) is 23.1 Å². The molecule has 0 atom stereocenters. The van der Waals surface area contributed by atoms with Crippen molar-refractivity contribution in [3.05, 3.63) is 51.4 Å². The Morgan fingerprint density at radius 1 is 1.05 bits per heavy atom. The molecule has 0 saturated carbocycles. The summed E-state index contributed by atoms with van der Waals surface area (Å²) in [4.78, 5) is 29.6. The normalized spacial score (nSPS) is 14.1. The molecule has 0 spiro atoms. The van der Waals surface area contributed by atoms with E-state index in [0.29, 0.717) is 5.82 Å². The molecule has 0 aliphatic carbocycles. The number of nitrogens with one attached hydrogen (secondary N) is 2. The highest BCUT2D eigenvalue weighted by Gasteiger charge is 2.13. The van der Waals surface area contributed by atoms with Crippen molar-refractivity contribution in [3.8, 4) is 5.82 Å². The SMILES string of the molecule is O=c1cc(-[n+]2ccc(N3CCCC3)cc2)[nH]c(=O)[nH]1.[Cl-]. The molecule has 0 bridgehead atoms. The highest BCUT2D eigenvalue weighted by Crippen LogP contribution is 2.18. The molecule has 1 saturated heterocycles. The minimum atomic E-state index is -0.501. The van der Waals surface area contributed by atoms with Crippen LogP contribution < -0.4 is 33.1 Å². The number of anilines is 1. The van der Waals surface area contributed by atoms with E-state index in [1.54, 1.807) is 4.57 Å². The maximum Gasteiger partial charge on any atom is 0.413 e. The number of nitrogens with zero attached hydrogens (tertiary/aromatic N) is 2. The predicted molar refractivity (Wildman–Crippen MR) is 70.7 cm³/mol. The summed E-state index contributed by atoms with van der Waals surface area (Å²) in [5.41, 5.74) is 0.259. The summed E-state index contributed by atoms with van der Waals surface area (Å²) in [6, 6.07) is 5.34. The lowest BCUT2D eigenvalue weighted by Crippen LogP contribution is -3.00. The second-order valence-electron chi connectivity index (χ2n) is 4.63. The Balaban J connectivity index is 0.00000147. The molecule has 1 fully saturated rings. The lowest BCUT2D eigenvalue weighted by atomic mass is 10.3. The third-order valence-corrected chi connectivity index (χ3v) is 3.31. The molecule has 2 aromatic heterocycles. The van der Waals surface area contributed by atoms with Gasteiger partial charge in [0.15, 0.2) is 0 Å². The number of H-pyrrole nitrogens is 2. The summed E-state index contributed by atoms with van der Waals surface area (Å²) in [6.07, 6.45) is 6.16. The van der Waals surface area contributed by atoms with Gasteiger partial charge in [-0.25, -0.2) is 9.36 Å². The molecule has 0 unspecified atom stereocenters. The van der Waals surface area contributed by atoms with Gasteiger partial charge in [-0.15, -0.1) is 0 Å². The van der Waals surface area contributed by atoms with Gasteiger partial charge in [0, 0.05) is 30.9 Å². The van der Waals surface area contributed by atoms with Gasteiger partial charge < -0.3 is 17.3 Å². The molecule has 0 amide bonds. The van der Waals surface area contributed by atoms with E-state index in [2.05, 4.69) is 14.9 Å². The first-order chi connectivity index (χ1) is 9.22. The highest BCUT2D eigenvalue weighted by atomic mass is 35.5. The first kappa shape index (κ1) is 14.3. The average molecular weight is 295 g/mol. The van der Waals surface area contributed by atoms with Crippen LogP contribution in [0.5, 0.6) is 0 Å². The van der Waals surface area contributed by atoms with Crippen LogP contribution in [0.1, 0.15) is 12.8 Å². The van der Waals surface area contributed by atoms with Gasteiger partial charge in [0.1, 0.15) is 0 Å². The van der Waals surface area contributed by atoms with Crippen LogP contribution in [0.3, 0.4) is 0 Å². The van der Waals surface area contributed by atoms with Crippen molar-refractivity contribution in [2.24, 2.45) is 0 Å². The van der Waals surface area contributed by atoms with Crippen molar-refractivity contribution < 1.29 is 17.0 Å². The number of rotatable bonds is 2. The van der Waals surface area contributed by atoms with Crippen LogP contribution >= 0.6 is 0 Å². The lowest BCUT2D eigenvalue weighted by molar-refractivity contribution is -0.599. The van der Waals surface area contributed by atoms with Crippen LogP contribution in [0.2, 0.25) is 0 Å². The van der Waals surface area contributed by atoms with E-state index < -0.39 is 11.2 Å². The smallest absolute Gasteiger partial charge is 0.413 e. The van der Waals surface area contributed by atoms with E-state index in [-0.39, 0.29) is 12.4 Å². The number of pyridine rings is 1. The minimum Gasteiger partial charge on any atom is -1.00 e. The van der Waals surface area contributed by atoms with E-state index in [9.17, 15) is 9.59 Å². The van der Waals surface area contributed by atoms with E-state index in [1.165, 1.54) is 24.6 Å². The Morgan fingerprint density at radius 3 is 2.30 bits per heavy atom. The molecule has 20 heavy (non-hydrogen) atoms. The van der Waals surface area contributed by atoms with Crippen molar-refractivity contribution in [1.82, 2.24) is 9.97 Å². The van der Waals surface area contributed by atoms with Crippen molar-refractivity contribution in [2.45, 2.75) is 12.8 Å². The average Bonchev–Trinajstić information content (AvgIpc) is 2.91. The van der Waals surface area contributed by atoms with Crippen molar-refractivity contribution >= 4 is 5.69 Å². The molecule has 6 nitrogen and oxygen atoms in total. The monoisotopic (exact) mass is 294 g/mol. The van der Waals surface area contributed by atoms with E-state index in [4.69, 9.17) is 0 Å². The van der Waals surface area contributed by atoms with E-state index in [1.807, 2.05) is 24.5 Å². The number of aromatic nitrogens is 3. The van der Waals surface area contributed by atoms with E-state index in [0.717, 1.165) is 13.1 Å². The van der Waals surface area contributed by atoms with Crippen LogP contribution in [0.4, 0.5) is 5.69 Å². The summed E-state index contributed by atoms with van der Waals surface area (Å²) in [5.74, 6) is 0.460. The summed E-state index contributed by atoms with van der Waals surface area (Å²) in [5, 5.41) is 0. The topological polar surface area (TPSA) is 72.8 Å². The molecule has 2 N–H and O–H groups in total. The van der Waals surface area contributed by atoms with Gasteiger partial charge in [-0.1, -0.05) is 0 Å². The van der Waals surface area contributed by atoms with Gasteiger partial charge in [-0.2, -0.15) is 4.98 Å². The Labute approximate surface area is 121 Å². The molecule has 1 aliphatic heterocycles. The summed E-state index contributed by atoms with van der Waals surface area (Å²) in [6.45, 7) is 2.18. The molecule has 7 heteroatoms. The van der Waals surface area contributed by atoms with Gasteiger partial charge in [0.25, 0.3) is 11.4 Å². The maximum absolute atomic E-state index is 11.3. The zero-order valence-corrected chi connectivity index (χ0v) is 11.6. The van der Waals surface area contributed by atoms with Crippen LogP contribution in [0.25, 0.3) is 5.82 Å². The third-order valence-electron chi connectivity index (χ3n) is 3.31. The maximum atomic E-state index is 11.3. The molecule has 0 radical (unpaired) electrons. The second kappa shape index (κ2) is 5.92. The molecule has 3 rings (SSSR count). The fraction of sp³-hybridized carbons (Fsp3) is 0.308. The molecular weight excluding hydrogens is 280 g/mol. The van der Waals surface area contributed by atoms with E-state index >= 15 is 0 Å². The third kappa shape index (κ3) is 2.91. The lowest BCUT2D eigenvalue weighted by Gasteiger charge is -2.16. The van der Waals surface area contributed by atoms with Crippen LogP contribution in [0, 0.1) is 0 Å². The predicted octanol–water partition coefficient (Wildman–Crippen LogP) is -3.06. The first-order valence-electron chi connectivity index (χ1n) is 6.33. The van der Waals surface area contributed by atoms with Crippen molar-refractivity contribution in [3.63, 3.8) is 0 Å². The second-order valence-corrected chi connectivity index (χ2v) is 4.63. The summed E-state index contributed by atoms with van der Waals surface area (Å²) < 4.78 is 1.72. The Morgan fingerprint density at radius 2 is 1.70 bits per heavy atom. The molecule has 0 aromatic carbocycles. The van der Waals surface area contributed by atoms with Gasteiger partial charge in [-0.05, 0) is 12.8 Å². The standard InChI is InChI=1S/C13H14N4O2.ClH/c18-12-9-11(14-13(19)15-12)17-7-3-10(4-8-17)16-5-1-2-6-16;/h3-4,7-9H,1-2,5-6H2,(H-,14,15,18,19);1H. The number of aromatic amines is 2. The zero-order valence-electron chi connectivity index (χ0n) is 10.8. The summed E-state index contributed by atoms with van der Waals surface area (Å²) in [7, 11) is 0. The number of halogens is 1. The Kier molecular flexibility index (Phi) is 4.24. The number of hydrogen-bond acceptors (Lipinski definition) is 3. The molecular formula is C13H15ClN4O2. The van der Waals surface area contributed by atoms with Gasteiger partial charge in [0.05, 0.1) is 18.5 Å². The largest absolute Gasteiger partial charge is 1.00 e. The molecule has 1 aliphatic rings. The van der Waals surface area contributed by atoms with Crippen LogP contribution in [-0.2, 0) is 0 Å². The van der Waals surface area contributed by atoms with Gasteiger partial charge in [-0.3, -0.25) is 9.78 Å². The molecule has 3 heterocycles. The fourth-order valence-corrected chi connectivity index (χ4v) is 2.36. The number of hydrogen-bond donors (Lipinski definition) is 2. The van der Waals surface area contributed by atoms with Crippen molar-refractivity contribution in [1.29, 1.82) is 0 Å². The Hall–Kier alpha value is -2.08. The summed E-state index contributed by atoms with van der Waals surface area (Å²) >= 11 is 0. The van der Waals surface area contributed by atoms with Crippen LogP contribution in [0.15, 0.2) is 40.2 Å². The van der Waals surface area contributed by atoms with Gasteiger partial charge in [0.2, 0.25) is 0 Å². The zero-order chi connectivity index (χ0) is 13.2. The first-order valence-corrected chi connectivity index (χ1v) is 6.33. The quantitative estimate of drug-likeness (QED) is 0.578. The van der Waals surface area contributed by atoms with Crippen molar-refractivity contribution in [2.75, 3.05) is 18.0 Å². The highest BCUT2D eigenvalue weighted by molar-refractivity contribution is 5.44. The van der Waals surface area contributed by atoms with Gasteiger partial charge >= 0.3 is 5.69 Å². The molecule has 106 valence electrons. The minimum absolute atomic E-state index is 0. The molecule has 2 aromatic rings. The fourth-order valence-electron chi connectivity index (χ4n) is 2.36.